The molecule has 0 spiro atoms. The Morgan fingerprint density at radius 3 is 2.64 bits per heavy atom. The highest BCUT2D eigenvalue weighted by atomic mass is 79.9. The number of benzene rings is 1. The summed E-state index contributed by atoms with van der Waals surface area (Å²) in [7, 11) is -3.68. The molecule has 0 saturated heterocycles. The Morgan fingerprint density at radius 1 is 1.25 bits per heavy atom. The summed E-state index contributed by atoms with van der Waals surface area (Å²) in [6.45, 7) is 2.61. The number of hydrogen-bond donors (Lipinski definition) is 2. The van der Waals surface area contributed by atoms with Crippen LogP contribution in [0.2, 0.25) is 0 Å². The maximum atomic E-state index is 12.3. The predicted molar refractivity (Wildman–Crippen MR) is 118 cm³/mol. The summed E-state index contributed by atoms with van der Waals surface area (Å²) in [4.78, 5) is 3.95. The molecule has 0 heterocycles. The number of nitrogens with zero attached hydrogens (tertiary/aromatic N) is 1. The highest BCUT2D eigenvalue weighted by Gasteiger charge is 2.30. The topological polar surface area (TPSA) is 117 Å². The number of hydrogen-bond acceptors (Lipinski definition) is 5. The molecular formula is C18H23Br2N3O4S. The van der Waals surface area contributed by atoms with E-state index >= 15 is 0 Å². The SMILES string of the molecule is CC1C=C(Br)C=CC1S(=O)(=O)OCCCOc1ccc(CN=C(N)N)cc1Br. The second kappa shape index (κ2) is 10.4. The minimum atomic E-state index is -3.68. The first-order chi connectivity index (χ1) is 13.2. The Hall–Kier alpha value is -1.36. The fourth-order valence-corrected chi connectivity index (χ4v) is 5.05. The first-order valence-electron chi connectivity index (χ1n) is 8.59. The normalized spacial score (nSPS) is 19.2. The Morgan fingerprint density at radius 2 is 2.00 bits per heavy atom. The van der Waals surface area contributed by atoms with Gasteiger partial charge in [0.1, 0.15) is 11.0 Å². The molecule has 0 saturated carbocycles. The number of aliphatic imine (C=N–C) groups is 1. The fourth-order valence-electron chi connectivity index (χ4n) is 2.56. The third-order valence-corrected chi connectivity index (χ3v) is 6.85. The third-order valence-electron chi connectivity index (χ3n) is 3.95. The van der Waals surface area contributed by atoms with Crippen molar-refractivity contribution in [1.29, 1.82) is 0 Å². The fraction of sp³-hybridized carbons (Fsp3) is 0.389. The number of guanidine groups is 1. The molecule has 7 nitrogen and oxygen atoms in total. The first kappa shape index (κ1) is 22.9. The lowest BCUT2D eigenvalue weighted by atomic mass is 10.0. The van der Waals surface area contributed by atoms with Crippen LogP contribution >= 0.6 is 31.9 Å². The number of ether oxygens (including phenoxy) is 1. The molecule has 2 unspecified atom stereocenters. The summed E-state index contributed by atoms with van der Waals surface area (Å²) in [5.41, 5.74) is 11.6. The standard InChI is InChI=1S/C18H23Br2N3O4S/c1-12-9-14(19)4-6-17(12)28(24,25)27-8-2-7-26-16-5-3-13(10-15(16)20)11-23-18(21)22/h3-6,9-10,12,17H,2,7-8,11H2,1H3,(H4,21,22,23). The Labute approximate surface area is 182 Å². The van der Waals surface area contributed by atoms with Crippen LogP contribution in [0.25, 0.3) is 0 Å². The van der Waals surface area contributed by atoms with Crippen LogP contribution in [0.1, 0.15) is 18.9 Å². The van der Waals surface area contributed by atoms with Gasteiger partial charge in [-0.3, -0.25) is 4.18 Å². The van der Waals surface area contributed by atoms with E-state index in [1.165, 1.54) is 0 Å². The molecule has 1 aromatic carbocycles. The lowest BCUT2D eigenvalue weighted by Gasteiger charge is -2.21. The zero-order valence-electron chi connectivity index (χ0n) is 15.3. The van der Waals surface area contributed by atoms with Gasteiger partial charge in [-0.05, 0) is 39.5 Å². The molecule has 2 atom stereocenters. The van der Waals surface area contributed by atoms with Crippen molar-refractivity contribution >= 4 is 47.9 Å². The minimum absolute atomic E-state index is 0.0353. The molecule has 10 heteroatoms. The van der Waals surface area contributed by atoms with Gasteiger partial charge >= 0.3 is 0 Å². The van der Waals surface area contributed by atoms with Crippen LogP contribution in [-0.4, -0.2) is 32.8 Å². The zero-order chi connectivity index (χ0) is 20.7. The molecule has 0 aliphatic heterocycles. The summed E-state index contributed by atoms with van der Waals surface area (Å²) >= 11 is 6.78. The van der Waals surface area contributed by atoms with Crippen LogP contribution in [0.4, 0.5) is 0 Å². The molecule has 154 valence electrons. The van der Waals surface area contributed by atoms with Crippen LogP contribution in [0.15, 0.2) is 50.4 Å². The molecule has 0 bridgehead atoms. The largest absolute Gasteiger partial charge is 0.492 e. The van der Waals surface area contributed by atoms with Gasteiger partial charge < -0.3 is 16.2 Å². The van der Waals surface area contributed by atoms with Crippen LogP contribution < -0.4 is 16.2 Å². The van der Waals surface area contributed by atoms with Crippen molar-refractivity contribution in [1.82, 2.24) is 0 Å². The van der Waals surface area contributed by atoms with Gasteiger partial charge in [0.2, 0.25) is 0 Å². The molecule has 1 aromatic rings. The zero-order valence-corrected chi connectivity index (χ0v) is 19.3. The van der Waals surface area contributed by atoms with Crippen molar-refractivity contribution in [3.05, 3.63) is 50.9 Å². The quantitative estimate of drug-likeness (QED) is 0.216. The molecular weight excluding hydrogens is 514 g/mol. The smallest absolute Gasteiger partial charge is 0.274 e. The van der Waals surface area contributed by atoms with E-state index in [0.29, 0.717) is 25.3 Å². The number of nitrogens with two attached hydrogens (primary N) is 2. The lowest BCUT2D eigenvalue weighted by molar-refractivity contribution is 0.247. The van der Waals surface area contributed by atoms with Gasteiger partial charge in [0, 0.05) is 10.9 Å². The molecule has 0 amide bonds. The van der Waals surface area contributed by atoms with Gasteiger partial charge in [0.15, 0.2) is 5.96 Å². The van der Waals surface area contributed by atoms with Crippen molar-refractivity contribution in [3.63, 3.8) is 0 Å². The van der Waals surface area contributed by atoms with Gasteiger partial charge in [0.25, 0.3) is 10.1 Å². The van der Waals surface area contributed by atoms with E-state index in [0.717, 1.165) is 14.5 Å². The van der Waals surface area contributed by atoms with Crippen molar-refractivity contribution in [2.75, 3.05) is 13.2 Å². The molecule has 1 aliphatic carbocycles. The van der Waals surface area contributed by atoms with Crippen molar-refractivity contribution in [2.45, 2.75) is 25.1 Å². The van der Waals surface area contributed by atoms with E-state index < -0.39 is 15.4 Å². The van der Waals surface area contributed by atoms with Crippen molar-refractivity contribution < 1.29 is 17.3 Å². The van der Waals surface area contributed by atoms with Crippen LogP contribution in [0.5, 0.6) is 5.75 Å². The molecule has 2 rings (SSSR count). The first-order valence-corrected chi connectivity index (χ1v) is 11.6. The summed E-state index contributed by atoms with van der Waals surface area (Å²) in [6.07, 6.45) is 5.65. The van der Waals surface area contributed by atoms with Crippen LogP contribution in [0.3, 0.4) is 0 Å². The van der Waals surface area contributed by atoms with E-state index in [-0.39, 0.29) is 18.5 Å². The summed E-state index contributed by atoms with van der Waals surface area (Å²) in [6, 6.07) is 5.53. The Kier molecular flexibility index (Phi) is 8.54. The van der Waals surface area contributed by atoms with Gasteiger partial charge in [-0.15, -0.1) is 0 Å². The maximum absolute atomic E-state index is 12.3. The highest BCUT2D eigenvalue weighted by Crippen LogP contribution is 2.27. The number of rotatable bonds is 9. The molecule has 1 aliphatic rings. The predicted octanol–water partition coefficient (Wildman–Crippen LogP) is 3.19. The third kappa shape index (κ3) is 6.91. The van der Waals surface area contributed by atoms with Crippen LogP contribution in [-0.2, 0) is 20.8 Å². The Balaban J connectivity index is 1.78. The Bertz CT molecular complexity index is 881. The van der Waals surface area contributed by atoms with Gasteiger partial charge in [-0.2, -0.15) is 8.42 Å². The maximum Gasteiger partial charge on any atom is 0.274 e. The monoisotopic (exact) mass is 535 g/mol. The van der Waals surface area contributed by atoms with E-state index in [9.17, 15) is 8.42 Å². The summed E-state index contributed by atoms with van der Waals surface area (Å²) in [5.74, 6) is 0.525. The van der Waals surface area contributed by atoms with E-state index in [1.54, 1.807) is 18.2 Å². The average molecular weight is 537 g/mol. The number of halogens is 2. The van der Waals surface area contributed by atoms with Crippen molar-refractivity contribution in [3.8, 4) is 5.75 Å². The minimum Gasteiger partial charge on any atom is -0.492 e. The second-order valence-electron chi connectivity index (χ2n) is 6.26. The summed E-state index contributed by atoms with van der Waals surface area (Å²) < 4.78 is 37.2. The van der Waals surface area contributed by atoms with E-state index in [1.807, 2.05) is 25.1 Å². The van der Waals surface area contributed by atoms with E-state index in [4.69, 9.17) is 20.4 Å². The lowest BCUT2D eigenvalue weighted by Crippen LogP contribution is -2.29. The van der Waals surface area contributed by atoms with Crippen molar-refractivity contribution in [2.24, 2.45) is 22.4 Å². The second-order valence-corrected chi connectivity index (χ2v) is 9.79. The van der Waals surface area contributed by atoms with Crippen LogP contribution in [0, 0.1) is 5.92 Å². The summed E-state index contributed by atoms with van der Waals surface area (Å²) in [5, 5.41) is -0.679. The van der Waals surface area contributed by atoms with Gasteiger partial charge in [-0.1, -0.05) is 47.1 Å². The average Bonchev–Trinajstić information content (AvgIpc) is 2.60. The molecule has 4 N–H and O–H groups in total. The van der Waals surface area contributed by atoms with Gasteiger partial charge in [0.05, 0.1) is 24.2 Å². The molecule has 0 aromatic heterocycles. The highest BCUT2D eigenvalue weighted by molar-refractivity contribution is 9.12. The molecule has 28 heavy (non-hydrogen) atoms. The molecule has 0 fully saturated rings. The van der Waals surface area contributed by atoms with Gasteiger partial charge in [-0.25, -0.2) is 4.99 Å². The molecule has 0 radical (unpaired) electrons. The number of allylic oxidation sites excluding steroid dienone is 3. The van der Waals surface area contributed by atoms with E-state index in [2.05, 4.69) is 36.9 Å².